The normalized spacial score (nSPS) is 10.0. The molecule has 3 N–H and O–H groups in total. The van der Waals surface area contributed by atoms with Crippen LogP contribution in [0.2, 0.25) is 0 Å². The maximum absolute atomic E-state index is 11.9. The Balaban J connectivity index is 1.56. The number of rotatable bonds is 4. The van der Waals surface area contributed by atoms with E-state index in [4.69, 9.17) is 16.6 Å². The number of nitrogens with one attached hydrogen (secondary N) is 3. The Bertz CT molecular complexity index is 819. The predicted molar refractivity (Wildman–Crippen MR) is 95.0 cm³/mol. The minimum absolute atomic E-state index is 0.257. The molecule has 0 saturated carbocycles. The van der Waals surface area contributed by atoms with Crippen LogP contribution in [0.4, 0.5) is 17.2 Å². The van der Waals surface area contributed by atoms with Crippen LogP contribution in [0.5, 0.6) is 0 Å². The molecule has 0 bridgehead atoms. The third-order valence-electron chi connectivity index (χ3n) is 2.97. The number of aromatic nitrogens is 2. The molecule has 0 aliphatic heterocycles. The number of hydrogen-bond acceptors (Lipinski definition) is 5. The molecular weight excluding hydrogens is 326 g/mol. The average Bonchev–Trinajstić information content (AvgIpc) is 3.12. The van der Waals surface area contributed by atoms with Gasteiger partial charge in [-0.25, -0.2) is 9.97 Å². The van der Waals surface area contributed by atoms with Gasteiger partial charge in [0, 0.05) is 17.6 Å². The molecule has 8 heteroatoms. The number of carbonyl (C=O) groups excluding carboxylic acids is 1. The van der Waals surface area contributed by atoms with Crippen LogP contribution in [0.3, 0.4) is 0 Å². The third kappa shape index (κ3) is 4.14. The van der Waals surface area contributed by atoms with Gasteiger partial charge in [0.2, 0.25) is 0 Å². The molecule has 3 aromatic rings. The van der Waals surface area contributed by atoms with Gasteiger partial charge in [-0.15, -0.1) is 0 Å². The molecule has 2 heterocycles. The molecule has 1 aromatic carbocycles. The van der Waals surface area contributed by atoms with Gasteiger partial charge in [-0.05, 0) is 54.7 Å². The van der Waals surface area contributed by atoms with E-state index in [2.05, 4.69) is 25.9 Å². The van der Waals surface area contributed by atoms with Crippen LogP contribution >= 0.6 is 12.2 Å². The lowest BCUT2D eigenvalue weighted by atomic mass is 10.2. The van der Waals surface area contributed by atoms with Crippen molar-refractivity contribution in [1.82, 2.24) is 9.97 Å². The van der Waals surface area contributed by atoms with Gasteiger partial charge < -0.3 is 20.4 Å². The van der Waals surface area contributed by atoms with Crippen molar-refractivity contribution in [3.05, 3.63) is 67.0 Å². The van der Waals surface area contributed by atoms with Gasteiger partial charge in [0.05, 0.1) is 6.26 Å². The largest absolute Gasteiger partial charge is 0.459 e. The summed E-state index contributed by atoms with van der Waals surface area (Å²) in [4.78, 5) is 19.7. The van der Waals surface area contributed by atoms with Gasteiger partial charge in [0.25, 0.3) is 5.91 Å². The zero-order valence-corrected chi connectivity index (χ0v) is 13.2. The minimum atomic E-state index is -0.304. The van der Waals surface area contributed by atoms with Crippen molar-refractivity contribution in [3.8, 4) is 0 Å². The van der Waals surface area contributed by atoms with E-state index in [0.717, 1.165) is 5.69 Å². The smallest absolute Gasteiger partial charge is 0.291 e. The second kappa shape index (κ2) is 7.34. The van der Waals surface area contributed by atoms with Gasteiger partial charge in [-0.3, -0.25) is 4.79 Å². The second-order valence-corrected chi connectivity index (χ2v) is 5.09. The minimum Gasteiger partial charge on any atom is -0.459 e. The molecule has 0 spiro atoms. The lowest BCUT2D eigenvalue weighted by Gasteiger charge is -2.10. The lowest BCUT2D eigenvalue weighted by Crippen LogP contribution is -2.19. The quantitative estimate of drug-likeness (QED) is 0.629. The molecule has 1 amide bonds. The SMILES string of the molecule is O=C(Nc1ccc(NC(=S)Nc2ccncn2)cc1)c1ccco1. The van der Waals surface area contributed by atoms with Crippen LogP contribution in [0.25, 0.3) is 0 Å². The first-order valence-corrected chi connectivity index (χ1v) is 7.40. The van der Waals surface area contributed by atoms with Crippen LogP contribution in [0.1, 0.15) is 10.6 Å². The van der Waals surface area contributed by atoms with E-state index < -0.39 is 0 Å². The molecule has 2 aromatic heterocycles. The molecule has 0 radical (unpaired) electrons. The molecule has 0 atom stereocenters. The maximum atomic E-state index is 11.9. The van der Waals surface area contributed by atoms with Gasteiger partial charge in [-0.2, -0.15) is 0 Å². The Morgan fingerprint density at radius 3 is 2.38 bits per heavy atom. The third-order valence-corrected chi connectivity index (χ3v) is 3.17. The van der Waals surface area contributed by atoms with Crippen LogP contribution < -0.4 is 16.0 Å². The summed E-state index contributed by atoms with van der Waals surface area (Å²) in [6.07, 6.45) is 4.50. The topological polar surface area (TPSA) is 92.1 Å². The number of nitrogens with zero attached hydrogens (tertiary/aromatic N) is 2. The van der Waals surface area contributed by atoms with E-state index in [-0.39, 0.29) is 11.7 Å². The maximum Gasteiger partial charge on any atom is 0.291 e. The highest BCUT2D eigenvalue weighted by molar-refractivity contribution is 7.80. The van der Waals surface area contributed by atoms with E-state index in [1.807, 2.05) is 0 Å². The Morgan fingerprint density at radius 2 is 1.75 bits per heavy atom. The summed E-state index contributed by atoms with van der Waals surface area (Å²) in [5.74, 6) is 0.555. The first kappa shape index (κ1) is 15.6. The number of anilines is 3. The zero-order chi connectivity index (χ0) is 16.8. The fraction of sp³-hybridized carbons (Fsp3) is 0. The van der Waals surface area contributed by atoms with E-state index >= 15 is 0 Å². The Kier molecular flexibility index (Phi) is 4.78. The van der Waals surface area contributed by atoms with E-state index in [0.29, 0.717) is 16.6 Å². The number of hydrogen-bond donors (Lipinski definition) is 3. The molecule has 7 nitrogen and oxygen atoms in total. The van der Waals surface area contributed by atoms with Crippen molar-refractivity contribution >= 4 is 40.4 Å². The highest BCUT2D eigenvalue weighted by atomic mass is 32.1. The van der Waals surface area contributed by atoms with Crippen molar-refractivity contribution < 1.29 is 9.21 Å². The zero-order valence-electron chi connectivity index (χ0n) is 12.4. The molecule has 24 heavy (non-hydrogen) atoms. The molecular formula is C16H13N5O2S. The number of furan rings is 1. The standard InChI is InChI=1S/C16H13N5O2S/c22-15(13-2-1-9-23-13)19-11-3-5-12(6-4-11)20-16(24)21-14-7-8-17-10-18-14/h1-10H,(H,19,22)(H2,17,18,20,21,24). The fourth-order valence-corrected chi connectivity index (χ4v) is 2.10. The van der Waals surface area contributed by atoms with Crippen molar-refractivity contribution in [3.63, 3.8) is 0 Å². The fourth-order valence-electron chi connectivity index (χ4n) is 1.88. The van der Waals surface area contributed by atoms with E-state index in [1.165, 1.54) is 12.6 Å². The molecule has 0 aliphatic rings. The van der Waals surface area contributed by atoms with E-state index in [1.54, 1.807) is 48.7 Å². The summed E-state index contributed by atoms with van der Waals surface area (Å²) in [7, 11) is 0. The monoisotopic (exact) mass is 339 g/mol. The van der Waals surface area contributed by atoms with Gasteiger partial charge in [0.1, 0.15) is 12.1 Å². The first-order chi connectivity index (χ1) is 11.7. The molecule has 0 saturated heterocycles. The Labute approximate surface area is 143 Å². The number of amides is 1. The van der Waals surface area contributed by atoms with Crippen LogP contribution in [0, 0.1) is 0 Å². The number of benzene rings is 1. The first-order valence-electron chi connectivity index (χ1n) is 6.99. The summed E-state index contributed by atoms with van der Waals surface area (Å²) >= 11 is 5.21. The van der Waals surface area contributed by atoms with Crippen LogP contribution in [-0.2, 0) is 0 Å². The molecule has 3 rings (SSSR count). The van der Waals surface area contributed by atoms with Crippen molar-refractivity contribution in [2.45, 2.75) is 0 Å². The number of thiocarbonyl (C=S) groups is 1. The highest BCUT2D eigenvalue weighted by Crippen LogP contribution is 2.15. The average molecular weight is 339 g/mol. The Hall–Kier alpha value is -3.26. The summed E-state index contributed by atoms with van der Waals surface area (Å²) in [6.45, 7) is 0. The van der Waals surface area contributed by atoms with Crippen LogP contribution in [0.15, 0.2) is 65.7 Å². The summed E-state index contributed by atoms with van der Waals surface area (Å²) in [5.41, 5.74) is 1.43. The van der Waals surface area contributed by atoms with Crippen molar-refractivity contribution in [2.24, 2.45) is 0 Å². The Morgan fingerprint density at radius 1 is 1.00 bits per heavy atom. The van der Waals surface area contributed by atoms with E-state index in [9.17, 15) is 4.79 Å². The second-order valence-electron chi connectivity index (χ2n) is 4.68. The van der Waals surface area contributed by atoms with Gasteiger partial charge in [0.15, 0.2) is 10.9 Å². The molecule has 0 fully saturated rings. The van der Waals surface area contributed by atoms with Crippen molar-refractivity contribution in [2.75, 3.05) is 16.0 Å². The lowest BCUT2D eigenvalue weighted by molar-refractivity contribution is 0.0996. The summed E-state index contributed by atoms with van der Waals surface area (Å²) in [5, 5.41) is 9.11. The number of carbonyl (C=O) groups is 1. The van der Waals surface area contributed by atoms with Crippen LogP contribution in [-0.4, -0.2) is 21.0 Å². The predicted octanol–water partition coefficient (Wildman–Crippen LogP) is 3.13. The van der Waals surface area contributed by atoms with Gasteiger partial charge >= 0.3 is 0 Å². The van der Waals surface area contributed by atoms with Crippen molar-refractivity contribution in [1.29, 1.82) is 0 Å². The summed E-state index contributed by atoms with van der Waals surface area (Å²) < 4.78 is 5.04. The summed E-state index contributed by atoms with van der Waals surface area (Å²) in [6, 6.07) is 12.1. The highest BCUT2D eigenvalue weighted by Gasteiger charge is 2.08. The molecule has 0 aliphatic carbocycles. The molecule has 0 unspecified atom stereocenters. The van der Waals surface area contributed by atoms with Gasteiger partial charge in [-0.1, -0.05) is 0 Å². The molecule has 120 valence electrons.